The highest BCUT2D eigenvalue weighted by Gasteiger charge is 2.31. The lowest BCUT2D eigenvalue weighted by atomic mass is 10.1. The molecule has 1 aliphatic heterocycles. The lowest BCUT2D eigenvalue weighted by molar-refractivity contribution is -0.385. The van der Waals surface area contributed by atoms with Crippen LogP contribution in [0.25, 0.3) is 0 Å². The quantitative estimate of drug-likeness (QED) is 0.481. The fourth-order valence-electron chi connectivity index (χ4n) is 2.37. The van der Waals surface area contributed by atoms with E-state index in [1.807, 2.05) is 4.90 Å². The summed E-state index contributed by atoms with van der Waals surface area (Å²) in [7, 11) is -1.17. The van der Waals surface area contributed by atoms with Crippen molar-refractivity contribution in [1.82, 2.24) is 0 Å². The third-order valence-corrected chi connectivity index (χ3v) is 5.61. The van der Waals surface area contributed by atoms with Gasteiger partial charge in [-0.05, 0) is 18.6 Å². The Kier molecular flexibility index (Phi) is 4.19. The van der Waals surface area contributed by atoms with Gasteiger partial charge in [0.2, 0.25) is 0 Å². The van der Waals surface area contributed by atoms with Crippen LogP contribution in [0.5, 0.6) is 0 Å². The third kappa shape index (κ3) is 3.04. The zero-order chi connectivity index (χ0) is 14.9. The molecule has 20 heavy (non-hydrogen) atoms. The average Bonchev–Trinajstić information content (AvgIpc) is 2.77. The second kappa shape index (κ2) is 5.57. The van der Waals surface area contributed by atoms with Crippen LogP contribution in [0.1, 0.15) is 12.0 Å². The maximum atomic E-state index is 11.5. The number of halogens is 1. The van der Waals surface area contributed by atoms with E-state index in [0.717, 1.165) is 5.69 Å². The van der Waals surface area contributed by atoms with Gasteiger partial charge in [0.05, 0.1) is 22.3 Å². The largest absolute Gasteiger partial charge is 0.371 e. The van der Waals surface area contributed by atoms with Crippen molar-refractivity contribution in [3.8, 4) is 0 Å². The van der Waals surface area contributed by atoms with Gasteiger partial charge in [-0.1, -0.05) is 0 Å². The van der Waals surface area contributed by atoms with Gasteiger partial charge in [-0.2, -0.15) is 0 Å². The summed E-state index contributed by atoms with van der Waals surface area (Å²) in [4.78, 5) is 12.2. The van der Waals surface area contributed by atoms with E-state index in [1.54, 1.807) is 19.2 Å². The van der Waals surface area contributed by atoms with Crippen LogP contribution in [0.15, 0.2) is 18.2 Å². The minimum absolute atomic E-state index is 0.0174. The molecule has 1 aromatic carbocycles. The number of rotatable bonds is 4. The Morgan fingerprint density at radius 3 is 2.70 bits per heavy atom. The Bertz CT molecular complexity index is 632. The van der Waals surface area contributed by atoms with Crippen LogP contribution in [-0.4, -0.2) is 37.9 Å². The van der Waals surface area contributed by atoms with Gasteiger partial charge in [0, 0.05) is 30.4 Å². The molecule has 0 saturated carbocycles. The lowest BCUT2D eigenvalue weighted by Crippen LogP contribution is -2.32. The van der Waals surface area contributed by atoms with Crippen molar-refractivity contribution < 1.29 is 13.3 Å². The molecule has 0 spiro atoms. The molecule has 0 bridgehead atoms. The fourth-order valence-corrected chi connectivity index (χ4v) is 4.36. The number of nitro benzene ring substituents is 1. The topological polar surface area (TPSA) is 80.5 Å². The molecular formula is C12H15ClN2O4S. The highest BCUT2D eigenvalue weighted by atomic mass is 35.5. The molecule has 1 aromatic rings. The SMILES string of the molecule is CN(c1ccc([N+](=O)[O-])c(CCl)c1)C1CCS(=O)(=O)C1. The van der Waals surface area contributed by atoms with Gasteiger partial charge in [-0.3, -0.25) is 10.1 Å². The molecular weight excluding hydrogens is 304 g/mol. The second-order valence-electron chi connectivity index (χ2n) is 4.87. The molecule has 1 saturated heterocycles. The number of alkyl halides is 1. The van der Waals surface area contributed by atoms with E-state index in [4.69, 9.17) is 11.6 Å². The average molecular weight is 319 g/mol. The molecule has 0 N–H and O–H groups in total. The van der Waals surface area contributed by atoms with Crippen LogP contribution >= 0.6 is 11.6 Å². The molecule has 6 nitrogen and oxygen atoms in total. The zero-order valence-corrected chi connectivity index (χ0v) is 12.5. The first-order valence-electron chi connectivity index (χ1n) is 6.10. The van der Waals surface area contributed by atoms with Gasteiger partial charge in [0.25, 0.3) is 5.69 Å². The monoisotopic (exact) mass is 318 g/mol. The van der Waals surface area contributed by atoms with Crippen molar-refractivity contribution in [2.45, 2.75) is 18.3 Å². The van der Waals surface area contributed by atoms with Gasteiger partial charge < -0.3 is 4.90 Å². The van der Waals surface area contributed by atoms with Gasteiger partial charge in [-0.25, -0.2) is 8.42 Å². The molecule has 1 aliphatic rings. The summed E-state index contributed by atoms with van der Waals surface area (Å²) in [6.07, 6.45) is 0.575. The van der Waals surface area contributed by atoms with Crippen LogP contribution in [0.2, 0.25) is 0 Å². The Hall–Kier alpha value is -1.34. The van der Waals surface area contributed by atoms with E-state index in [0.29, 0.717) is 12.0 Å². The van der Waals surface area contributed by atoms with Gasteiger partial charge in [0.15, 0.2) is 9.84 Å². The normalized spacial score (nSPS) is 20.8. The molecule has 1 heterocycles. The van der Waals surface area contributed by atoms with Crippen LogP contribution in [0.4, 0.5) is 11.4 Å². The molecule has 0 radical (unpaired) electrons. The molecule has 0 amide bonds. The van der Waals surface area contributed by atoms with E-state index < -0.39 is 14.8 Å². The minimum Gasteiger partial charge on any atom is -0.371 e. The van der Waals surface area contributed by atoms with Crippen LogP contribution in [-0.2, 0) is 15.7 Å². The third-order valence-electron chi connectivity index (χ3n) is 3.57. The number of anilines is 1. The number of hydrogen-bond donors (Lipinski definition) is 0. The summed E-state index contributed by atoms with van der Waals surface area (Å²) in [5.74, 6) is 0.356. The molecule has 1 atom stereocenters. The van der Waals surface area contributed by atoms with Gasteiger partial charge >= 0.3 is 0 Å². The van der Waals surface area contributed by atoms with Gasteiger partial charge in [-0.15, -0.1) is 11.6 Å². The standard InChI is InChI=1S/C12H15ClN2O4S/c1-14(11-4-5-20(18,19)8-11)10-2-3-12(15(16)17)9(6-10)7-13/h2-3,6,11H,4-5,7-8H2,1H3. The maximum absolute atomic E-state index is 11.5. The number of sulfone groups is 1. The van der Waals surface area contributed by atoms with E-state index in [9.17, 15) is 18.5 Å². The Balaban J connectivity index is 2.27. The number of benzene rings is 1. The summed E-state index contributed by atoms with van der Waals surface area (Å²) in [6.45, 7) is 0. The van der Waals surface area contributed by atoms with E-state index in [2.05, 4.69) is 0 Å². The Morgan fingerprint density at radius 2 is 2.20 bits per heavy atom. The molecule has 0 aliphatic carbocycles. The van der Waals surface area contributed by atoms with Crippen LogP contribution in [0, 0.1) is 10.1 Å². The highest BCUT2D eigenvalue weighted by molar-refractivity contribution is 7.91. The van der Waals surface area contributed by atoms with Crippen molar-refractivity contribution in [3.63, 3.8) is 0 Å². The van der Waals surface area contributed by atoms with Crippen molar-refractivity contribution in [2.75, 3.05) is 23.5 Å². The van der Waals surface area contributed by atoms with Crippen molar-refractivity contribution in [2.24, 2.45) is 0 Å². The number of nitrogens with zero attached hydrogens (tertiary/aromatic N) is 2. The lowest BCUT2D eigenvalue weighted by Gasteiger charge is -2.26. The number of nitro groups is 1. The molecule has 1 fully saturated rings. The molecule has 0 aromatic heterocycles. The first-order valence-corrected chi connectivity index (χ1v) is 8.46. The van der Waals surface area contributed by atoms with Crippen molar-refractivity contribution in [1.29, 1.82) is 0 Å². The van der Waals surface area contributed by atoms with Gasteiger partial charge in [0.1, 0.15) is 0 Å². The summed E-state index contributed by atoms with van der Waals surface area (Å²) in [5, 5.41) is 10.9. The molecule has 110 valence electrons. The summed E-state index contributed by atoms with van der Waals surface area (Å²) in [6, 6.07) is 4.59. The Morgan fingerprint density at radius 1 is 1.50 bits per heavy atom. The number of hydrogen-bond acceptors (Lipinski definition) is 5. The molecule has 8 heteroatoms. The summed E-state index contributed by atoms with van der Waals surface area (Å²) in [5.41, 5.74) is 1.16. The molecule has 1 unspecified atom stereocenters. The fraction of sp³-hybridized carbons (Fsp3) is 0.500. The summed E-state index contributed by atoms with van der Waals surface area (Å²) >= 11 is 5.74. The summed E-state index contributed by atoms with van der Waals surface area (Å²) < 4.78 is 23.0. The predicted octanol–water partition coefficient (Wildman–Crippen LogP) is 1.96. The smallest absolute Gasteiger partial charge is 0.273 e. The zero-order valence-electron chi connectivity index (χ0n) is 11.0. The van der Waals surface area contributed by atoms with Crippen LogP contribution < -0.4 is 4.90 Å². The highest BCUT2D eigenvalue weighted by Crippen LogP contribution is 2.28. The van der Waals surface area contributed by atoms with Crippen LogP contribution in [0.3, 0.4) is 0 Å². The first-order chi connectivity index (χ1) is 9.34. The Labute approximate surface area is 122 Å². The van der Waals surface area contributed by atoms with E-state index in [-0.39, 0.29) is 29.1 Å². The second-order valence-corrected chi connectivity index (χ2v) is 7.37. The first kappa shape index (κ1) is 15.1. The molecule has 2 rings (SSSR count). The van der Waals surface area contributed by atoms with E-state index >= 15 is 0 Å². The minimum atomic E-state index is -2.96. The predicted molar refractivity (Wildman–Crippen MR) is 78.1 cm³/mol. The van der Waals surface area contributed by atoms with Crippen molar-refractivity contribution >= 4 is 32.8 Å². The van der Waals surface area contributed by atoms with Crippen molar-refractivity contribution in [3.05, 3.63) is 33.9 Å². The maximum Gasteiger partial charge on any atom is 0.273 e. The van der Waals surface area contributed by atoms with E-state index in [1.165, 1.54) is 6.07 Å².